The Morgan fingerprint density at radius 2 is 1.92 bits per heavy atom. The van der Waals surface area contributed by atoms with Crippen molar-refractivity contribution in [3.63, 3.8) is 0 Å². The average molecular weight is 341 g/mol. The first kappa shape index (κ1) is 14.7. The van der Waals surface area contributed by atoms with E-state index in [0.29, 0.717) is 11.5 Å². The van der Waals surface area contributed by atoms with E-state index in [0.717, 1.165) is 11.1 Å². The molecule has 26 heavy (non-hydrogen) atoms. The summed E-state index contributed by atoms with van der Waals surface area (Å²) in [6.07, 6.45) is 5.60. The highest BCUT2D eigenvalue weighted by Crippen LogP contribution is 2.32. The quantitative estimate of drug-likeness (QED) is 0.532. The number of H-pyrrole nitrogens is 1. The average Bonchev–Trinajstić information content (AvgIpc) is 3.30. The summed E-state index contributed by atoms with van der Waals surface area (Å²) in [5.41, 5.74) is 6.12. The topological polar surface area (TPSA) is 84.6 Å². The second-order valence-corrected chi connectivity index (χ2v) is 6.40. The summed E-state index contributed by atoms with van der Waals surface area (Å²) in [7, 11) is 0. The third-order valence-electron chi connectivity index (χ3n) is 4.63. The Balaban J connectivity index is 1.74. The molecule has 0 amide bonds. The highest BCUT2D eigenvalue weighted by molar-refractivity contribution is 5.98. The Hall–Kier alpha value is -3.61. The molecule has 3 heterocycles. The van der Waals surface area contributed by atoms with Gasteiger partial charge in [-0.15, -0.1) is 5.10 Å². The number of aromatic amines is 1. The van der Waals surface area contributed by atoms with Crippen LogP contribution in [-0.4, -0.2) is 35.2 Å². The lowest BCUT2D eigenvalue weighted by Gasteiger charge is -2.11. The summed E-state index contributed by atoms with van der Waals surface area (Å²) < 4.78 is 1.77. The number of rotatable bonds is 2. The van der Waals surface area contributed by atoms with Gasteiger partial charge in [0.25, 0.3) is 0 Å². The van der Waals surface area contributed by atoms with Gasteiger partial charge in [-0.2, -0.15) is 5.10 Å². The molecule has 0 aliphatic rings. The summed E-state index contributed by atoms with van der Waals surface area (Å²) in [4.78, 5) is 4.63. The standard InChI is InChI=1S/C19H15N7/c1-11-3-5-13-6-4-12(2)17(15(13)7-11)14-8-20-19-16(9-21-26(19)10-14)18-22-24-25-23-18/h3-10H,1-2H3,(H,22,23,24,25). The van der Waals surface area contributed by atoms with E-state index in [-0.39, 0.29) is 0 Å². The van der Waals surface area contributed by atoms with Crippen molar-refractivity contribution < 1.29 is 0 Å². The normalized spacial score (nSPS) is 11.5. The lowest BCUT2D eigenvalue weighted by Crippen LogP contribution is -1.95. The van der Waals surface area contributed by atoms with Gasteiger partial charge in [-0.25, -0.2) is 14.6 Å². The number of hydrogen-bond acceptors (Lipinski definition) is 5. The van der Waals surface area contributed by atoms with E-state index in [1.165, 1.54) is 27.5 Å². The van der Waals surface area contributed by atoms with Crippen LogP contribution in [0, 0.1) is 13.8 Å². The van der Waals surface area contributed by atoms with E-state index in [4.69, 9.17) is 0 Å². The molecule has 3 aromatic heterocycles. The SMILES string of the molecule is Cc1ccc2ccc(C)c(-c3cnc4c(-c5nnn[nH]5)cnn4c3)c2c1. The number of benzene rings is 2. The van der Waals surface area contributed by atoms with Crippen molar-refractivity contribution in [1.29, 1.82) is 0 Å². The minimum absolute atomic E-state index is 0.553. The van der Waals surface area contributed by atoms with Gasteiger partial charge >= 0.3 is 0 Å². The van der Waals surface area contributed by atoms with Crippen molar-refractivity contribution in [2.75, 3.05) is 0 Å². The van der Waals surface area contributed by atoms with Gasteiger partial charge in [0.05, 0.1) is 11.8 Å². The van der Waals surface area contributed by atoms with Crippen molar-refractivity contribution in [2.45, 2.75) is 13.8 Å². The Bertz CT molecular complexity index is 1250. The van der Waals surface area contributed by atoms with E-state index in [2.05, 4.69) is 74.9 Å². The predicted molar refractivity (Wildman–Crippen MR) is 98.6 cm³/mol. The van der Waals surface area contributed by atoms with E-state index in [1.54, 1.807) is 10.7 Å². The van der Waals surface area contributed by atoms with Crippen LogP contribution in [0.25, 0.3) is 38.9 Å². The smallest absolute Gasteiger partial charge is 0.184 e. The van der Waals surface area contributed by atoms with Crippen LogP contribution in [0.4, 0.5) is 0 Å². The molecule has 0 aliphatic heterocycles. The second-order valence-electron chi connectivity index (χ2n) is 6.40. The maximum absolute atomic E-state index is 4.63. The maximum Gasteiger partial charge on any atom is 0.184 e. The summed E-state index contributed by atoms with van der Waals surface area (Å²) in [5, 5.41) is 20.8. The lowest BCUT2D eigenvalue weighted by atomic mass is 9.94. The van der Waals surface area contributed by atoms with Crippen LogP contribution in [0.3, 0.4) is 0 Å². The molecule has 7 nitrogen and oxygen atoms in total. The molecule has 0 fully saturated rings. The van der Waals surface area contributed by atoms with E-state index >= 15 is 0 Å². The third-order valence-corrected chi connectivity index (χ3v) is 4.63. The van der Waals surface area contributed by atoms with Crippen molar-refractivity contribution >= 4 is 16.4 Å². The number of hydrogen-bond donors (Lipinski definition) is 1. The molecular formula is C19H15N7. The fraction of sp³-hybridized carbons (Fsp3) is 0.105. The van der Waals surface area contributed by atoms with Gasteiger partial charge in [0.15, 0.2) is 11.5 Å². The van der Waals surface area contributed by atoms with E-state index < -0.39 is 0 Å². The van der Waals surface area contributed by atoms with Crippen LogP contribution in [0.1, 0.15) is 11.1 Å². The molecule has 5 aromatic rings. The van der Waals surface area contributed by atoms with Gasteiger partial charge in [-0.1, -0.05) is 35.9 Å². The predicted octanol–water partition coefficient (Wildman–Crippen LogP) is 3.35. The number of fused-ring (bicyclic) bond motifs is 2. The van der Waals surface area contributed by atoms with E-state index in [1.807, 2.05) is 12.4 Å². The van der Waals surface area contributed by atoms with Gasteiger partial charge < -0.3 is 0 Å². The number of aryl methyl sites for hydroxylation is 2. The maximum atomic E-state index is 4.63. The first-order chi connectivity index (χ1) is 12.7. The molecule has 2 aromatic carbocycles. The Kier molecular flexibility index (Phi) is 3.08. The third kappa shape index (κ3) is 2.17. The molecule has 126 valence electrons. The Morgan fingerprint density at radius 3 is 2.77 bits per heavy atom. The van der Waals surface area contributed by atoms with Gasteiger partial charge in [-0.05, 0) is 46.2 Å². The van der Waals surface area contributed by atoms with Gasteiger partial charge in [-0.3, -0.25) is 0 Å². The van der Waals surface area contributed by atoms with Gasteiger partial charge in [0, 0.05) is 18.0 Å². The number of nitrogens with one attached hydrogen (secondary N) is 1. The number of tetrazole rings is 1. The monoisotopic (exact) mass is 341 g/mol. The second kappa shape index (κ2) is 5.45. The lowest BCUT2D eigenvalue weighted by molar-refractivity contribution is 0.881. The molecule has 1 N–H and O–H groups in total. The molecule has 0 bridgehead atoms. The minimum atomic E-state index is 0.553. The molecule has 0 radical (unpaired) electrons. The van der Waals surface area contributed by atoms with Crippen LogP contribution in [0.15, 0.2) is 48.9 Å². The largest absolute Gasteiger partial charge is 0.239 e. The van der Waals surface area contributed by atoms with E-state index in [9.17, 15) is 0 Å². The number of aromatic nitrogens is 7. The molecule has 0 spiro atoms. The fourth-order valence-electron chi connectivity index (χ4n) is 3.37. The number of nitrogens with zero attached hydrogens (tertiary/aromatic N) is 6. The summed E-state index contributed by atoms with van der Waals surface area (Å²) in [6, 6.07) is 10.8. The molecule has 5 rings (SSSR count). The van der Waals surface area contributed by atoms with Gasteiger partial charge in [0.2, 0.25) is 0 Å². The molecule has 0 saturated heterocycles. The molecular weight excluding hydrogens is 326 g/mol. The fourth-order valence-corrected chi connectivity index (χ4v) is 3.37. The minimum Gasteiger partial charge on any atom is -0.239 e. The molecule has 0 saturated carbocycles. The zero-order valence-electron chi connectivity index (χ0n) is 14.3. The molecule has 0 aliphatic carbocycles. The van der Waals surface area contributed by atoms with Crippen LogP contribution in [-0.2, 0) is 0 Å². The first-order valence-corrected chi connectivity index (χ1v) is 8.28. The van der Waals surface area contributed by atoms with Crippen molar-refractivity contribution in [1.82, 2.24) is 35.2 Å². The molecule has 0 unspecified atom stereocenters. The van der Waals surface area contributed by atoms with Crippen LogP contribution in [0.2, 0.25) is 0 Å². The van der Waals surface area contributed by atoms with Gasteiger partial charge in [0.1, 0.15) is 0 Å². The first-order valence-electron chi connectivity index (χ1n) is 8.28. The highest BCUT2D eigenvalue weighted by Gasteiger charge is 2.14. The Labute approximate surface area is 148 Å². The zero-order valence-corrected chi connectivity index (χ0v) is 14.3. The van der Waals surface area contributed by atoms with Crippen molar-refractivity contribution in [2.24, 2.45) is 0 Å². The van der Waals surface area contributed by atoms with Crippen LogP contribution in [0.5, 0.6) is 0 Å². The zero-order chi connectivity index (χ0) is 17.7. The molecule has 7 heteroatoms. The summed E-state index contributed by atoms with van der Waals surface area (Å²) in [5.74, 6) is 0.553. The van der Waals surface area contributed by atoms with Crippen LogP contribution < -0.4 is 0 Å². The Morgan fingerprint density at radius 1 is 1.04 bits per heavy atom. The summed E-state index contributed by atoms with van der Waals surface area (Å²) in [6.45, 7) is 4.23. The van der Waals surface area contributed by atoms with Crippen molar-refractivity contribution in [3.05, 3.63) is 60.0 Å². The molecule has 0 atom stereocenters. The van der Waals surface area contributed by atoms with Crippen molar-refractivity contribution in [3.8, 4) is 22.5 Å². The van der Waals surface area contributed by atoms with Crippen LogP contribution >= 0.6 is 0 Å². The summed E-state index contributed by atoms with van der Waals surface area (Å²) >= 11 is 0. The highest BCUT2D eigenvalue weighted by atomic mass is 15.5.